The molecule has 4 rings (SSSR count). The van der Waals surface area contributed by atoms with Gasteiger partial charge in [0.15, 0.2) is 4.34 Å². The van der Waals surface area contributed by atoms with Crippen molar-refractivity contribution >= 4 is 40.8 Å². The van der Waals surface area contributed by atoms with E-state index in [1.54, 1.807) is 29.2 Å². The second-order valence-corrected chi connectivity index (χ2v) is 10.9. The van der Waals surface area contributed by atoms with Gasteiger partial charge in [-0.15, -0.1) is 11.3 Å². The first kappa shape index (κ1) is 26.7. The van der Waals surface area contributed by atoms with Crippen LogP contribution in [0.25, 0.3) is 11.1 Å². The predicted molar refractivity (Wildman–Crippen MR) is 146 cm³/mol. The number of benzene rings is 2. The van der Waals surface area contributed by atoms with Crippen LogP contribution in [-0.2, 0) is 16.0 Å². The van der Waals surface area contributed by atoms with Gasteiger partial charge in [0, 0.05) is 41.8 Å². The largest absolute Gasteiger partial charge is 0.507 e. The van der Waals surface area contributed by atoms with Crippen molar-refractivity contribution in [1.82, 2.24) is 20.5 Å². The third-order valence-corrected chi connectivity index (χ3v) is 8.10. The summed E-state index contributed by atoms with van der Waals surface area (Å²) in [6, 6.07) is 12.5. The van der Waals surface area contributed by atoms with E-state index in [-0.39, 0.29) is 35.8 Å². The first-order valence-corrected chi connectivity index (χ1v) is 14.1. The van der Waals surface area contributed by atoms with Crippen molar-refractivity contribution in [3.63, 3.8) is 0 Å². The van der Waals surface area contributed by atoms with Crippen molar-refractivity contribution in [2.45, 2.75) is 30.5 Å². The Labute approximate surface area is 224 Å². The van der Waals surface area contributed by atoms with Crippen molar-refractivity contribution in [3.05, 3.63) is 64.7 Å². The molecule has 0 atom stereocenters. The van der Waals surface area contributed by atoms with Crippen molar-refractivity contribution < 1.29 is 19.5 Å². The maximum absolute atomic E-state index is 13.0. The number of nitrogens with one attached hydrogen (secondary N) is 2. The number of carbonyl (C=O) groups is 3. The number of nitrogens with zero attached hydrogens (tertiary/aromatic N) is 2. The molecule has 3 amide bonds. The predicted octanol–water partition coefficient (Wildman–Crippen LogP) is 3.63. The molecule has 1 aliphatic rings. The Hall–Kier alpha value is -3.37. The number of amides is 3. The minimum absolute atomic E-state index is 0.0198. The quantitative estimate of drug-likeness (QED) is 0.439. The first-order chi connectivity index (χ1) is 17.9. The van der Waals surface area contributed by atoms with E-state index in [2.05, 4.69) is 15.6 Å². The highest BCUT2D eigenvalue weighted by Gasteiger charge is 2.18. The van der Waals surface area contributed by atoms with E-state index in [4.69, 9.17) is 0 Å². The Kier molecular flexibility index (Phi) is 9.19. The highest BCUT2D eigenvalue weighted by atomic mass is 32.2. The van der Waals surface area contributed by atoms with Gasteiger partial charge in [-0.1, -0.05) is 30.0 Å². The zero-order valence-electron chi connectivity index (χ0n) is 20.7. The Morgan fingerprint density at radius 2 is 1.95 bits per heavy atom. The van der Waals surface area contributed by atoms with E-state index in [1.807, 2.05) is 30.5 Å². The molecule has 0 fully saturated rings. The molecule has 1 aliphatic heterocycles. The van der Waals surface area contributed by atoms with Crippen LogP contribution in [0.5, 0.6) is 5.75 Å². The van der Waals surface area contributed by atoms with Crippen LogP contribution in [0.4, 0.5) is 0 Å². The number of phenols is 1. The van der Waals surface area contributed by atoms with Gasteiger partial charge in [0.25, 0.3) is 5.91 Å². The fourth-order valence-corrected chi connectivity index (χ4v) is 5.76. The Morgan fingerprint density at radius 3 is 2.76 bits per heavy atom. The number of fused-ring (bicyclic) bond motifs is 5. The maximum atomic E-state index is 13.0. The second-order valence-electron chi connectivity index (χ2n) is 8.85. The van der Waals surface area contributed by atoms with Gasteiger partial charge in [0.2, 0.25) is 11.8 Å². The highest BCUT2D eigenvalue weighted by molar-refractivity contribution is 8.01. The summed E-state index contributed by atoms with van der Waals surface area (Å²) in [4.78, 5) is 44.3. The topological polar surface area (TPSA) is 112 Å². The normalized spacial score (nSPS) is 15.3. The number of thiazole rings is 1. The lowest BCUT2D eigenvalue weighted by molar-refractivity contribution is -0.134. The molecule has 194 valence electrons. The van der Waals surface area contributed by atoms with Gasteiger partial charge in [-0.05, 0) is 61.6 Å². The zero-order valence-corrected chi connectivity index (χ0v) is 22.3. The summed E-state index contributed by atoms with van der Waals surface area (Å²) in [6.07, 6.45) is 1.88. The van der Waals surface area contributed by atoms with E-state index in [1.165, 1.54) is 23.1 Å². The van der Waals surface area contributed by atoms with Crippen LogP contribution in [0, 0.1) is 6.92 Å². The molecule has 1 aromatic heterocycles. The summed E-state index contributed by atoms with van der Waals surface area (Å²) in [5, 5.41) is 18.2. The van der Waals surface area contributed by atoms with E-state index >= 15 is 0 Å². The molecule has 0 unspecified atom stereocenters. The van der Waals surface area contributed by atoms with Crippen LogP contribution < -0.4 is 10.6 Å². The van der Waals surface area contributed by atoms with E-state index < -0.39 is 0 Å². The summed E-state index contributed by atoms with van der Waals surface area (Å²) in [6.45, 7) is 3.17. The van der Waals surface area contributed by atoms with Crippen molar-refractivity contribution in [2.24, 2.45) is 0 Å². The first-order valence-electron chi connectivity index (χ1n) is 12.2. The third-order valence-electron chi connectivity index (χ3n) is 5.98. The van der Waals surface area contributed by atoms with E-state index in [0.29, 0.717) is 50.0 Å². The summed E-state index contributed by atoms with van der Waals surface area (Å²) in [5.41, 5.74) is 3.75. The van der Waals surface area contributed by atoms with Gasteiger partial charge >= 0.3 is 0 Å². The number of phenolic OH excluding ortho intramolecular Hbond substituents is 1. The molecule has 0 radical (unpaired) electrons. The number of carbonyl (C=O) groups excluding carboxylic acids is 3. The van der Waals surface area contributed by atoms with Crippen molar-refractivity contribution in [3.8, 4) is 16.9 Å². The van der Waals surface area contributed by atoms with Gasteiger partial charge in [0.1, 0.15) is 5.75 Å². The van der Waals surface area contributed by atoms with Gasteiger partial charge in [-0.25, -0.2) is 4.98 Å². The molecule has 37 heavy (non-hydrogen) atoms. The van der Waals surface area contributed by atoms with Crippen LogP contribution in [0.2, 0.25) is 0 Å². The molecule has 3 aromatic rings. The maximum Gasteiger partial charge on any atom is 0.251 e. The van der Waals surface area contributed by atoms with Gasteiger partial charge in [0.05, 0.1) is 12.3 Å². The van der Waals surface area contributed by atoms with Crippen LogP contribution in [0.3, 0.4) is 0 Å². The fourth-order valence-electron chi connectivity index (χ4n) is 4.01. The van der Waals surface area contributed by atoms with Crippen LogP contribution in [0.15, 0.2) is 52.2 Å². The third kappa shape index (κ3) is 7.56. The van der Waals surface area contributed by atoms with Crippen molar-refractivity contribution in [2.75, 3.05) is 31.9 Å². The number of aromatic nitrogens is 1. The molecule has 8 nitrogen and oxygen atoms in total. The minimum atomic E-state index is -0.218. The highest BCUT2D eigenvalue weighted by Crippen LogP contribution is 2.31. The summed E-state index contributed by atoms with van der Waals surface area (Å²) < 4.78 is 0.830. The molecule has 0 spiro atoms. The van der Waals surface area contributed by atoms with Crippen LogP contribution in [0.1, 0.15) is 34.5 Å². The SMILES string of the molecule is Cc1csc(SCC(=O)N2CCCCNC(=O)c3cccc(c3)-c3cc(ccc3O)CCNC(=O)C2)n1. The molecule has 0 saturated heterocycles. The lowest BCUT2D eigenvalue weighted by Crippen LogP contribution is -2.42. The number of hydrogen-bond acceptors (Lipinski definition) is 7. The smallest absolute Gasteiger partial charge is 0.251 e. The number of aryl methyl sites for hydroxylation is 1. The van der Waals surface area contributed by atoms with Gasteiger partial charge in [-0.3, -0.25) is 14.4 Å². The molecule has 4 bridgehead atoms. The fraction of sp³-hybridized carbons (Fsp3) is 0.333. The Morgan fingerprint density at radius 1 is 1.11 bits per heavy atom. The number of thioether (sulfide) groups is 1. The molecule has 10 heteroatoms. The molecule has 0 saturated carbocycles. The number of hydrogen-bond donors (Lipinski definition) is 3. The monoisotopic (exact) mass is 538 g/mol. The minimum Gasteiger partial charge on any atom is -0.507 e. The average molecular weight is 539 g/mol. The van der Waals surface area contributed by atoms with Gasteiger partial charge < -0.3 is 20.6 Å². The molecular weight excluding hydrogens is 508 g/mol. The number of rotatable bonds is 3. The number of aromatic hydroxyl groups is 1. The molecule has 3 N–H and O–H groups in total. The van der Waals surface area contributed by atoms with Crippen molar-refractivity contribution in [1.29, 1.82) is 0 Å². The zero-order chi connectivity index (χ0) is 26.2. The lowest BCUT2D eigenvalue weighted by Gasteiger charge is -2.22. The standard InChI is InChI=1S/C27H30N4O4S2/c1-18-16-36-27(30-18)37-17-25(34)31-12-3-2-10-29-26(35)21-6-4-5-20(14-21)22-13-19(7-8-23(22)32)9-11-28-24(33)15-31/h4-8,13-14,16,32H,2-3,9-12,15,17H2,1H3,(H,28,33)(H,29,35). The summed E-state index contributed by atoms with van der Waals surface area (Å²) in [7, 11) is 0. The van der Waals surface area contributed by atoms with E-state index in [0.717, 1.165) is 21.2 Å². The average Bonchev–Trinajstić information content (AvgIpc) is 3.31. The molecule has 2 aromatic carbocycles. The van der Waals surface area contributed by atoms with Crippen LogP contribution in [-0.4, -0.2) is 64.6 Å². The molecular formula is C27H30N4O4S2. The summed E-state index contributed by atoms with van der Waals surface area (Å²) >= 11 is 2.88. The Balaban J connectivity index is 1.47. The van der Waals surface area contributed by atoms with Gasteiger partial charge in [-0.2, -0.15) is 0 Å². The second kappa shape index (κ2) is 12.7. The Bertz CT molecular complexity index is 1280. The lowest BCUT2D eigenvalue weighted by atomic mass is 9.98. The van der Waals surface area contributed by atoms with Crippen LogP contribution >= 0.6 is 23.1 Å². The molecule has 0 aliphatic carbocycles. The molecule has 2 heterocycles. The van der Waals surface area contributed by atoms with E-state index in [9.17, 15) is 19.5 Å². The summed E-state index contributed by atoms with van der Waals surface area (Å²) in [5.74, 6) is -0.194.